The molecule has 1 aliphatic carbocycles. The van der Waals surface area contributed by atoms with E-state index in [-0.39, 0.29) is 11.2 Å². The SMILES string of the molecule is CC1CCc2c(sc3nc(SCc4ccc([N+](=O)[O-])cc4)[nH]c(=O)c23)C1. The second-order valence-electron chi connectivity index (χ2n) is 6.62. The third-order valence-corrected chi connectivity index (χ3v) is 6.76. The van der Waals surface area contributed by atoms with Crippen LogP contribution in [0.4, 0.5) is 5.69 Å². The first kappa shape index (κ1) is 17.2. The molecule has 1 aromatic carbocycles. The molecule has 3 aromatic rings. The van der Waals surface area contributed by atoms with Gasteiger partial charge in [0.05, 0.1) is 10.3 Å². The molecular formula is C18H17N3O3S2. The van der Waals surface area contributed by atoms with Crippen LogP contribution in [-0.4, -0.2) is 14.9 Å². The first-order valence-corrected chi connectivity index (χ1v) is 10.2. The second-order valence-corrected chi connectivity index (χ2v) is 8.66. The summed E-state index contributed by atoms with van der Waals surface area (Å²) < 4.78 is 0. The number of aryl methyl sites for hydroxylation is 1. The Labute approximate surface area is 157 Å². The minimum atomic E-state index is -0.413. The van der Waals surface area contributed by atoms with Crippen molar-refractivity contribution in [1.29, 1.82) is 0 Å². The number of hydrogen-bond acceptors (Lipinski definition) is 6. The van der Waals surface area contributed by atoms with E-state index in [0.717, 1.165) is 35.0 Å². The Morgan fingerprint density at radius 1 is 1.38 bits per heavy atom. The zero-order chi connectivity index (χ0) is 18.3. The van der Waals surface area contributed by atoms with Crippen molar-refractivity contribution in [2.75, 3.05) is 0 Å². The van der Waals surface area contributed by atoms with Gasteiger partial charge in [0.15, 0.2) is 5.16 Å². The minimum absolute atomic E-state index is 0.0618. The van der Waals surface area contributed by atoms with Gasteiger partial charge in [-0.3, -0.25) is 14.9 Å². The smallest absolute Gasteiger partial charge is 0.269 e. The van der Waals surface area contributed by atoms with Crippen LogP contribution in [-0.2, 0) is 18.6 Å². The van der Waals surface area contributed by atoms with E-state index in [1.807, 2.05) is 0 Å². The third kappa shape index (κ3) is 3.26. The van der Waals surface area contributed by atoms with Crippen molar-refractivity contribution < 1.29 is 4.92 Å². The lowest BCUT2D eigenvalue weighted by Gasteiger charge is -2.17. The number of thiophene rings is 1. The number of hydrogen-bond donors (Lipinski definition) is 1. The molecule has 26 heavy (non-hydrogen) atoms. The van der Waals surface area contributed by atoms with Gasteiger partial charge in [0.2, 0.25) is 0 Å². The number of nitro benzene ring substituents is 1. The highest BCUT2D eigenvalue weighted by atomic mass is 32.2. The maximum atomic E-state index is 12.6. The topological polar surface area (TPSA) is 88.9 Å². The summed E-state index contributed by atoms with van der Waals surface area (Å²) in [6, 6.07) is 6.44. The molecule has 1 atom stereocenters. The molecule has 0 bridgehead atoms. The van der Waals surface area contributed by atoms with Gasteiger partial charge in [-0.25, -0.2) is 4.98 Å². The Hall–Kier alpha value is -2.19. The number of benzene rings is 1. The van der Waals surface area contributed by atoms with Crippen molar-refractivity contribution in [2.45, 2.75) is 37.1 Å². The number of aromatic amines is 1. The second kappa shape index (κ2) is 6.85. The van der Waals surface area contributed by atoms with Gasteiger partial charge in [-0.1, -0.05) is 30.8 Å². The molecule has 0 aliphatic heterocycles. The average Bonchev–Trinajstić information content (AvgIpc) is 2.98. The molecule has 2 aromatic heterocycles. The first-order chi connectivity index (χ1) is 12.5. The molecule has 2 heterocycles. The van der Waals surface area contributed by atoms with E-state index >= 15 is 0 Å². The number of fused-ring (bicyclic) bond motifs is 3. The quantitative estimate of drug-likeness (QED) is 0.312. The molecule has 1 N–H and O–H groups in total. The number of rotatable bonds is 4. The molecule has 6 nitrogen and oxygen atoms in total. The van der Waals surface area contributed by atoms with Crippen molar-refractivity contribution in [3.8, 4) is 0 Å². The molecule has 1 unspecified atom stereocenters. The number of H-pyrrole nitrogens is 1. The maximum Gasteiger partial charge on any atom is 0.269 e. The summed E-state index contributed by atoms with van der Waals surface area (Å²) in [5.74, 6) is 1.25. The van der Waals surface area contributed by atoms with E-state index in [9.17, 15) is 14.9 Å². The van der Waals surface area contributed by atoms with Crippen LogP contribution < -0.4 is 5.56 Å². The Morgan fingerprint density at radius 2 is 2.15 bits per heavy atom. The van der Waals surface area contributed by atoms with Gasteiger partial charge in [-0.05, 0) is 36.3 Å². The Balaban J connectivity index is 1.57. The van der Waals surface area contributed by atoms with Crippen molar-refractivity contribution in [3.63, 3.8) is 0 Å². The van der Waals surface area contributed by atoms with Crippen molar-refractivity contribution in [2.24, 2.45) is 5.92 Å². The number of non-ortho nitro benzene ring substituents is 1. The molecule has 0 saturated carbocycles. The van der Waals surface area contributed by atoms with Crippen molar-refractivity contribution in [1.82, 2.24) is 9.97 Å². The van der Waals surface area contributed by atoms with Crippen LogP contribution in [0.1, 0.15) is 29.3 Å². The van der Waals surface area contributed by atoms with Crippen molar-refractivity contribution in [3.05, 3.63) is 60.7 Å². The Morgan fingerprint density at radius 3 is 2.88 bits per heavy atom. The lowest BCUT2D eigenvalue weighted by Crippen LogP contribution is -2.13. The van der Waals surface area contributed by atoms with Crippen LogP contribution >= 0.6 is 23.1 Å². The lowest BCUT2D eigenvalue weighted by molar-refractivity contribution is -0.384. The number of thioether (sulfide) groups is 1. The third-order valence-electron chi connectivity index (χ3n) is 4.67. The molecule has 0 saturated heterocycles. The molecule has 4 rings (SSSR count). The fourth-order valence-corrected chi connectivity index (χ4v) is 5.52. The molecule has 0 spiro atoms. The Bertz CT molecular complexity index is 1040. The predicted molar refractivity (Wildman–Crippen MR) is 104 cm³/mol. The van der Waals surface area contributed by atoms with Crippen LogP contribution in [0.25, 0.3) is 10.2 Å². The predicted octanol–water partition coefficient (Wildman–Crippen LogP) is 4.31. The Kier molecular flexibility index (Phi) is 4.54. The molecule has 8 heteroatoms. The van der Waals surface area contributed by atoms with Crippen LogP contribution in [0, 0.1) is 16.0 Å². The van der Waals surface area contributed by atoms with Gasteiger partial charge in [0, 0.05) is 22.8 Å². The van der Waals surface area contributed by atoms with Crippen LogP contribution in [0.3, 0.4) is 0 Å². The van der Waals surface area contributed by atoms with Gasteiger partial charge >= 0.3 is 0 Å². The van der Waals surface area contributed by atoms with Crippen molar-refractivity contribution >= 4 is 39.0 Å². The number of aromatic nitrogens is 2. The first-order valence-electron chi connectivity index (χ1n) is 8.42. The van der Waals surface area contributed by atoms with Crippen LogP contribution in [0.5, 0.6) is 0 Å². The monoisotopic (exact) mass is 387 g/mol. The van der Waals surface area contributed by atoms with Gasteiger partial charge in [-0.15, -0.1) is 11.3 Å². The summed E-state index contributed by atoms with van der Waals surface area (Å²) in [7, 11) is 0. The van der Waals surface area contributed by atoms with E-state index in [1.54, 1.807) is 23.5 Å². The standard InChI is InChI=1S/C18H17N3O3S2/c1-10-2-7-13-14(8-10)26-17-15(13)16(22)19-18(20-17)25-9-11-3-5-12(6-4-11)21(23)24/h3-6,10H,2,7-9H2,1H3,(H,19,20,22). The summed E-state index contributed by atoms with van der Waals surface area (Å²) in [6.45, 7) is 2.25. The van der Waals surface area contributed by atoms with Gasteiger partial charge in [0.1, 0.15) is 4.83 Å². The van der Waals surface area contributed by atoms with Crippen LogP contribution in [0.15, 0.2) is 34.2 Å². The number of nitro groups is 1. The molecule has 1 aliphatic rings. The highest BCUT2D eigenvalue weighted by Gasteiger charge is 2.23. The summed E-state index contributed by atoms with van der Waals surface area (Å²) in [5, 5.41) is 12.1. The number of nitrogens with one attached hydrogen (secondary N) is 1. The highest BCUT2D eigenvalue weighted by Crippen LogP contribution is 2.36. The summed E-state index contributed by atoms with van der Waals surface area (Å²) in [4.78, 5) is 32.5. The maximum absolute atomic E-state index is 12.6. The fraction of sp³-hybridized carbons (Fsp3) is 0.333. The lowest BCUT2D eigenvalue weighted by atomic mass is 9.89. The molecule has 0 radical (unpaired) electrons. The highest BCUT2D eigenvalue weighted by molar-refractivity contribution is 7.98. The largest absolute Gasteiger partial charge is 0.301 e. The van der Waals surface area contributed by atoms with Gasteiger partial charge < -0.3 is 4.98 Å². The molecule has 0 amide bonds. The van der Waals surface area contributed by atoms with Gasteiger partial charge in [0.25, 0.3) is 11.2 Å². The molecular weight excluding hydrogens is 370 g/mol. The molecule has 134 valence electrons. The normalized spacial score (nSPS) is 16.6. The molecule has 0 fully saturated rings. The summed E-state index contributed by atoms with van der Waals surface area (Å²) in [5.41, 5.74) is 2.14. The van der Waals surface area contributed by atoms with E-state index in [1.165, 1.54) is 34.3 Å². The summed E-state index contributed by atoms with van der Waals surface area (Å²) in [6.07, 6.45) is 3.10. The van der Waals surface area contributed by atoms with E-state index < -0.39 is 4.92 Å². The average molecular weight is 387 g/mol. The summed E-state index contributed by atoms with van der Waals surface area (Å²) >= 11 is 3.07. The van der Waals surface area contributed by atoms with E-state index in [0.29, 0.717) is 16.8 Å². The number of nitrogens with zero attached hydrogens (tertiary/aromatic N) is 2. The van der Waals surface area contributed by atoms with E-state index in [2.05, 4.69) is 16.9 Å². The van der Waals surface area contributed by atoms with Gasteiger partial charge in [-0.2, -0.15) is 0 Å². The zero-order valence-corrected chi connectivity index (χ0v) is 15.8. The zero-order valence-electron chi connectivity index (χ0n) is 14.2. The van der Waals surface area contributed by atoms with E-state index in [4.69, 9.17) is 0 Å². The minimum Gasteiger partial charge on any atom is -0.301 e. The van der Waals surface area contributed by atoms with Crippen LogP contribution in [0.2, 0.25) is 0 Å². The fourth-order valence-electron chi connectivity index (χ4n) is 3.26.